The first-order valence-electron chi connectivity index (χ1n) is 10.9. The molecular weight excluding hydrogens is 382 g/mol. The number of benzene rings is 1. The second kappa shape index (κ2) is 8.97. The maximum atomic E-state index is 11.9. The van der Waals surface area contributed by atoms with E-state index in [0.29, 0.717) is 12.3 Å². The SMILES string of the molecule is CCC(=O)Oc1cccc2c1CCC1CN(CCSc3ccco3)CCC21CC. The molecule has 1 aromatic heterocycles. The zero-order valence-corrected chi connectivity index (χ0v) is 18.3. The average Bonchev–Trinajstić information content (AvgIpc) is 3.27. The van der Waals surface area contributed by atoms with Crippen molar-refractivity contribution in [2.24, 2.45) is 5.92 Å². The van der Waals surface area contributed by atoms with Crippen LogP contribution in [-0.2, 0) is 16.6 Å². The van der Waals surface area contributed by atoms with Gasteiger partial charge in [0, 0.05) is 30.7 Å². The van der Waals surface area contributed by atoms with E-state index < -0.39 is 0 Å². The minimum Gasteiger partial charge on any atom is -0.458 e. The molecule has 0 bridgehead atoms. The Morgan fingerprint density at radius 3 is 2.97 bits per heavy atom. The molecule has 1 aliphatic carbocycles. The summed E-state index contributed by atoms with van der Waals surface area (Å²) in [6.07, 6.45) is 6.65. The lowest BCUT2D eigenvalue weighted by Crippen LogP contribution is -2.52. The third kappa shape index (κ3) is 4.13. The summed E-state index contributed by atoms with van der Waals surface area (Å²) < 4.78 is 11.1. The van der Waals surface area contributed by atoms with Crippen molar-refractivity contribution in [1.29, 1.82) is 0 Å². The van der Waals surface area contributed by atoms with Gasteiger partial charge in [-0.25, -0.2) is 0 Å². The highest BCUT2D eigenvalue weighted by Gasteiger charge is 2.46. The molecule has 4 rings (SSSR count). The summed E-state index contributed by atoms with van der Waals surface area (Å²) in [7, 11) is 0. The fraction of sp³-hybridized carbons (Fsp3) is 0.542. The van der Waals surface area contributed by atoms with E-state index in [1.807, 2.05) is 25.1 Å². The van der Waals surface area contributed by atoms with Crippen LogP contribution in [0.3, 0.4) is 0 Å². The van der Waals surface area contributed by atoms with Gasteiger partial charge in [0.05, 0.1) is 6.26 Å². The largest absolute Gasteiger partial charge is 0.458 e. The van der Waals surface area contributed by atoms with E-state index in [0.717, 1.165) is 49.1 Å². The van der Waals surface area contributed by atoms with Crippen LogP contribution in [0.2, 0.25) is 0 Å². The average molecular weight is 414 g/mol. The van der Waals surface area contributed by atoms with E-state index in [1.54, 1.807) is 18.0 Å². The third-order valence-corrected chi connectivity index (χ3v) is 7.74. The van der Waals surface area contributed by atoms with Crippen LogP contribution in [0.1, 0.15) is 50.7 Å². The number of likely N-dealkylation sites (tertiary alicyclic amines) is 1. The number of nitrogens with zero attached hydrogens (tertiary/aromatic N) is 1. The molecule has 2 unspecified atom stereocenters. The third-order valence-electron chi connectivity index (χ3n) is 6.84. The van der Waals surface area contributed by atoms with Crippen LogP contribution in [0.5, 0.6) is 5.75 Å². The smallest absolute Gasteiger partial charge is 0.310 e. The lowest BCUT2D eigenvalue weighted by Gasteiger charge is -2.51. The molecule has 0 spiro atoms. The molecule has 0 N–H and O–H groups in total. The number of carbonyl (C=O) groups excluding carboxylic acids is 1. The summed E-state index contributed by atoms with van der Waals surface area (Å²) in [5, 5.41) is 1.01. The Labute approximate surface area is 178 Å². The van der Waals surface area contributed by atoms with Crippen molar-refractivity contribution in [2.75, 3.05) is 25.4 Å². The molecule has 29 heavy (non-hydrogen) atoms. The Balaban J connectivity index is 1.47. The normalized spacial score (nSPS) is 24.0. The highest BCUT2D eigenvalue weighted by atomic mass is 32.2. The van der Waals surface area contributed by atoms with E-state index in [2.05, 4.69) is 24.0 Å². The molecule has 1 aliphatic heterocycles. The Kier molecular flexibility index (Phi) is 6.35. The van der Waals surface area contributed by atoms with Crippen molar-refractivity contribution in [3.8, 4) is 5.75 Å². The van der Waals surface area contributed by atoms with Gasteiger partial charge in [-0.3, -0.25) is 4.79 Å². The molecule has 156 valence electrons. The molecule has 1 saturated heterocycles. The number of carbonyl (C=O) groups is 1. The highest BCUT2D eigenvalue weighted by Crippen LogP contribution is 2.50. The lowest BCUT2D eigenvalue weighted by molar-refractivity contribution is -0.134. The van der Waals surface area contributed by atoms with Crippen LogP contribution in [0.15, 0.2) is 46.1 Å². The van der Waals surface area contributed by atoms with Crippen LogP contribution in [-0.4, -0.2) is 36.3 Å². The molecule has 4 nitrogen and oxygen atoms in total. The first-order valence-corrected chi connectivity index (χ1v) is 11.9. The van der Waals surface area contributed by atoms with Gasteiger partial charge in [0.15, 0.2) is 5.09 Å². The Hall–Kier alpha value is -1.72. The summed E-state index contributed by atoms with van der Waals surface area (Å²) in [6.45, 7) is 7.56. The number of fused-ring (bicyclic) bond motifs is 3. The van der Waals surface area contributed by atoms with Crippen LogP contribution in [0, 0.1) is 5.92 Å². The highest BCUT2D eigenvalue weighted by molar-refractivity contribution is 7.99. The molecule has 0 amide bonds. The monoisotopic (exact) mass is 413 g/mol. The van der Waals surface area contributed by atoms with Gasteiger partial charge in [-0.15, -0.1) is 0 Å². The topological polar surface area (TPSA) is 42.7 Å². The van der Waals surface area contributed by atoms with Gasteiger partial charge in [-0.05, 0) is 67.5 Å². The fourth-order valence-corrected chi connectivity index (χ4v) is 6.09. The molecular formula is C24H31NO3S. The quantitative estimate of drug-likeness (QED) is 0.350. The molecule has 2 atom stereocenters. The van der Waals surface area contributed by atoms with Crippen molar-refractivity contribution in [3.05, 3.63) is 47.7 Å². The van der Waals surface area contributed by atoms with E-state index in [1.165, 1.54) is 24.0 Å². The maximum Gasteiger partial charge on any atom is 0.310 e. The zero-order valence-electron chi connectivity index (χ0n) is 17.5. The van der Waals surface area contributed by atoms with Gasteiger partial charge in [0.2, 0.25) is 0 Å². The number of hydrogen-bond donors (Lipinski definition) is 0. The minimum atomic E-state index is -0.144. The number of piperidine rings is 1. The fourth-order valence-electron chi connectivity index (χ4n) is 5.24. The van der Waals surface area contributed by atoms with Crippen LogP contribution >= 0.6 is 11.8 Å². The predicted molar refractivity (Wildman–Crippen MR) is 117 cm³/mol. The van der Waals surface area contributed by atoms with Crippen LogP contribution in [0.25, 0.3) is 0 Å². The molecule has 2 heterocycles. The first kappa shape index (κ1) is 20.5. The molecule has 5 heteroatoms. The summed E-state index contributed by atoms with van der Waals surface area (Å²) >= 11 is 1.80. The first-order chi connectivity index (χ1) is 14.2. The van der Waals surface area contributed by atoms with Crippen molar-refractivity contribution in [1.82, 2.24) is 4.90 Å². The molecule has 0 radical (unpaired) electrons. The lowest BCUT2D eigenvalue weighted by atomic mass is 9.58. The number of rotatable bonds is 7. The van der Waals surface area contributed by atoms with Gasteiger partial charge in [-0.1, -0.05) is 37.7 Å². The summed E-state index contributed by atoms with van der Waals surface area (Å²) in [6, 6.07) is 10.3. The van der Waals surface area contributed by atoms with Gasteiger partial charge < -0.3 is 14.1 Å². The second-order valence-corrected chi connectivity index (χ2v) is 9.29. The number of hydrogen-bond acceptors (Lipinski definition) is 5. The van der Waals surface area contributed by atoms with Gasteiger partial charge in [0.25, 0.3) is 0 Å². The van der Waals surface area contributed by atoms with Crippen molar-refractivity contribution < 1.29 is 13.9 Å². The Morgan fingerprint density at radius 2 is 2.21 bits per heavy atom. The van der Waals surface area contributed by atoms with E-state index >= 15 is 0 Å². The van der Waals surface area contributed by atoms with Crippen LogP contribution < -0.4 is 4.74 Å². The molecule has 0 saturated carbocycles. The number of thioether (sulfide) groups is 1. The van der Waals surface area contributed by atoms with Gasteiger partial charge in [0.1, 0.15) is 5.75 Å². The zero-order chi connectivity index (χ0) is 20.3. The molecule has 2 aliphatic rings. The number of esters is 1. The molecule has 2 aromatic rings. The second-order valence-electron chi connectivity index (χ2n) is 8.19. The maximum absolute atomic E-state index is 11.9. The predicted octanol–water partition coefficient (Wildman–Crippen LogP) is 5.30. The minimum absolute atomic E-state index is 0.144. The van der Waals surface area contributed by atoms with Crippen molar-refractivity contribution in [3.63, 3.8) is 0 Å². The Morgan fingerprint density at radius 1 is 1.31 bits per heavy atom. The van der Waals surface area contributed by atoms with E-state index in [4.69, 9.17) is 9.15 Å². The number of ether oxygens (including phenoxy) is 1. The van der Waals surface area contributed by atoms with Gasteiger partial charge >= 0.3 is 5.97 Å². The van der Waals surface area contributed by atoms with Crippen LogP contribution in [0.4, 0.5) is 0 Å². The molecule has 1 fully saturated rings. The Bertz CT molecular complexity index is 835. The van der Waals surface area contributed by atoms with E-state index in [9.17, 15) is 4.79 Å². The van der Waals surface area contributed by atoms with Crippen molar-refractivity contribution >= 4 is 17.7 Å². The number of furan rings is 1. The molecule has 1 aromatic carbocycles. The summed E-state index contributed by atoms with van der Waals surface area (Å²) in [4.78, 5) is 14.5. The summed E-state index contributed by atoms with van der Waals surface area (Å²) in [5.41, 5.74) is 2.92. The van der Waals surface area contributed by atoms with E-state index in [-0.39, 0.29) is 11.4 Å². The standard InChI is InChI=1S/C24H31NO3S/c1-3-22(26)28-21-8-5-7-20-19(21)11-10-18-17-25(13-12-24(18,20)4-2)14-16-29-23-9-6-15-27-23/h5-9,15,18H,3-4,10-14,16-17H2,1-2H3. The van der Waals surface area contributed by atoms with Gasteiger partial charge in [-0.2, -0.15) is 0 Å². The summed E-state index contributed by atoms with van der Waals surface area (Å²) in [5.74, 6) is 2.37. The van der Waals surface area contributed by atoms with Crippen molar-refractivity contribution in [2.45, 2.75) is 56.5 Å².